The van der Waals surface area contributed by atoms with Crippen LogP contribution in [0.15, 0.2) is 16.6 Å². The smallest absolute Gasteiger partial charge is 0.260 e. The van der Waals surface area contributed by atoms with Crippen molar-refractivity contribution in [1.29, 1.82) is 0 Å². The second kappa shape index (κ2) is 7.13. The second-order valence-electron chi connectivity index (χ2n) is 3.76. The molecule has 0 aromatic heterocycles. The number of rotatable bonds is 6. The second-order valence-corrected chi connectivity index (χ2v) is 4.61. The molecule has 0 aliphatic rings. The summed E-state index contributed by atoms with van der Waals surface area (Å²) in [5, 5.41) is 2.50. The molecule has 0 heterocycles. The molecule has 1 rings (SSSR count). The molecule has 1 atom stereocenters. The van der Waals surface area contributed by atoms with Crippen molar-refractivity contribution in [2.75, 3.05) is 13.7 Å². The Morgan fingerprint density at radius 1 is 1.53 bits per heavy atom. The molecule has 1 aromatic rings. The number of ether oxygens (including phenoxy) is 2. The van der Waals surface area contributed by atoms with Crippen LogP contribution in [-0.2, 0) is 4.79 Å². The van der Waals surface area contributed by atoms with Gasteiger partial charge in [0.15, 0.2) is 17.6 Å². The summed E-state index contributed by atoms with van der Waals surface area (Å²) in [6.07, 6.45) is 0.0572. The zero-order chi connectivity index (χ0) is 14.4. The first kappa shape index (κ1) is 15.5. The van der Waals surface area contributed by atoms with Crippen molar-refractivity contribution in [2.24, 2.45) is 0 Å². The van der Waals surface area contributed by atoms with Gasteiger partial charge in [0.2, 0.25) is 0 Å². The van der Waals surface area contributed by atoms with Gasteiger partial charge in [0, 0.05) is 12.6 Å². The summed E-state index contributed by atoms with van der Waals surface area (Å²) in [6, 6.07) is 3.19. The highest BCUT2D eigenvalue weighted by Gasteiger charge is 2.18. The number of carbonyl (C=O) groups excluding carboxylic acids is 2. The van der Waals surface area contributed by atoms with E-state index >= 15 is 0 Å². The van der Waals surface area contributed by atoms with Crippen LogP contribution in [0.3, 0.4) is 0 Å². The summed E-state index contributed by atoms with van der Waals surface area (Å²) in [5.41, 5.74) is 0.468. The maximum absolute atomic E-state index is 11.5. The highest BCUT2D eigenvalue weighted by atomic mass is 79.9. The van der Waals surface area contributed by atoms with Gasteiger partial charge in [-0.1, -0.05) is 0 Å². The molecule has 0 saturated carbocycles. The molecule has 5 nitrogen and oxygen atoms in total. The average molecular weight is 330 g/mol. The maximum atomic E-state index is 11.5. The highest BCUT2D eigenvalue weighted by Crippen LogP contribution is 2.37. The Hall–Kier alpha value is -1.56. The molecule has 0 fully saturated rings. The molecule has 1 aromatic carbocycles. The zero-order valence-electron chi connectivity index (χ0n) is 11.0. The molecule has 1 N–H and O–H groups in total. The fourth-order valence-electron chi connectivity index (χ4n) is 1.47. The van der Waals surface area contributed by atoms with Gasteiger partial charge in [-0.15, -0.1) is 0 Å². The maximum Gasteiger partial charge on any atom is 0.260 e. The van der Waals surface area contributed by atoms with Crippen LogP contribution >= 0.6 is 15.9 Å². The quantitative estimate of drug-likeness (QED) is 0.812. The third-order valence-corrected chi connectivity index (χ3v) is 2.97. The molecule has 0 radical (unpaired) electrons. The first-order chi connectivity index (χ1) is 9.03. The number of benzene rings is 1. The van der Waals surface area contributed by atoms with E-state index in [0.29, 0.717) is 28.1 Å². The van der Waals surface area contributed by atoms with Crippen molar-refractivity contribution in [3.05, 3.63) is 22.2 Å². The Labute approximate surface area is 120 Å². The molecule has 1 unspecified atom stereocenters. The number of halogens is 1. The first-order valence-corrected chi connectivity index (χ1v) is 6.62. The lowest BCUT2D eigenvalue weighted by Crippen LogP contribution is -2.33. The van der Waals surface area contributed by atoms with Crippen LogP contribution in [0.4, 0.5) is 0 Å². The van der Waals surface area contributed by atoms with Crippen molar-refractivity contribution in [2.45, 2.75) is 20.0 Å². The van der Waals surface area contributed by atoms with Crippen LogP contribution in [0, 0.1) is 0 Å². The minimum absolute atomic E-state index is 0.242. The molecule has 0 saturated heterocycles. The number of amides is 1. The Morgan fingerprint density at radius 2 is 2.21 bits per heavy atom. The van der Waals surface area contributed by atoms with E-state index in [2.05, 4.69) is 21.2 Å². The SMILES string of the molecule is CCOc1cc(C=O)cc(Br)c1OC(C)C(=O)NC. The van der Waals surface area contributed by atoms with Crippen LogP contribution in [0.1, 0.15) is 24.2 Å². The normalized spacial score (nSPS) is 11.6. The molecule has 0 aliphatic carbocycles. The Morgan fingerprint density at radius 3 is 2.74 bits per heavy atom. The lowest BCUT2D eigenvalue weighted by atomic mass is 10.2. The van der Waals surface area contributed by atoms with Gasteiger partial charge >= 0.3 is 0 Å². The van der Waals surface area contributed by atoms with E-state index in [1.54, 1.807) is 19.1 Å². The van der Waals surface area contributed by atoms with Crippen LogP contribution in [-0.4, -0.2) is 32.0 Å². The summed E-state index contributed by atoms with van der Waals surface area (Å²) in [4.78, 5) is 22.3. The molecule has 19 heavy (non-hydrogen) atoms. The molecule has 1 amide bonds. The Balaban J connectivity index is 3.10. The lowest BCUT2D eigenvalue weighted by Gasteiger charge is -2.18. The van der Waals surface area contributed by atoms with Crippen molar-refractivity contribution in [1.82, 2.24) is 5.32 Å². The number of likely N-dealkylation sites (N-methyl/N-ethyl adjacent to an activating group) is 1. The molecule has 104 valence electrons. The van der Waals surface area contributed by atoms with E-state index in [1.807, 2.05) is 6.92 Å². The molecular weight excluding hydrogens is 314 g/mol. The van der Waals surface area contributed by atoms with Crippen molar-refractivity contribution >= 4 is 28.1 Å². The number of carbonyl (C=O) groups is 2. The minimum atomic E-state index is -0.664. The Bertz CT molecular complexity index is 476. The van der Waals surface area contributed by atoms with E-state index in [-0.39, 0.29) is 5.91 Å². The molecule has 0 spiro atoms. The van der Waals surface area contributed by atoms with Gasteiger partial charge in [0.25, 0.3) is 5.91 Å². The third kappa shape index (κ3) is 3.96. The number of hydrogen-bond acceptors (Lipinski definition) is 4. The number of aldehydes is 1. The number of nitrogens with one attached hydrogen (secondary N) is 1. The Kier molecular flexibility index (Phi) is 5.82. The van der Waals surface area contributed by atoms with Crippen LogP contribution < -0.4 is 14.8 Å². The topological polar surface area (TPSA) is 64.6 Å². The monoisotopic (exact) mass is 329 g/mol. The van der Waals surface area contributed by atoms with Crippen LogP contribution in [0.5, 0.6) is 11.5 Å². The fraction of sp³-hybridized carbons (Fsp3) is 0.385. The van der Waals surface area contributed by atoms with Crippen molar-refractivity contribution in [3.8, 4) is 11.5 Å². The molecule has 0 aliphatic heterocycles. The largest absolute Gasteiger partial charge is 0.490 e. The molecule has 0 bridgehead atoms. The van der Waals surface area contributed by atoms with Crippen molar-refractivity contribution < 1.29 is 19.1 Å². The van der Waals surface area contributed by atoms with Gasteiger partial charge in [-0.2, -0.15) is 0 Å². The summed E-state index contributed by atoms with van der Waals surface area (Å²) < 4.78 is 11.6. The van der Waals surface area contributed by atoms with Crippen molar-refractivity contribution in [3.63, 3.8) is 0 Å². The fourth-order valence-corrected chi connectivity index (χ4v) is 2.02. The van der Waals surface area contributed by atoms with Gasteiger partial charge in [-0.3, -0.25) is 9.59 Å². The summed E-state index contributed by atoms with van der Waals surface area (Å²) in [7, 11) is 1.54. The van der Waals surface area contributed by atoms with E-state index in [4.69, 9.17) is 9.47 Å². The first-order valence-electron chi connectivity index (χ1n) is 5.83. The highest BCUT2D eigenvalue weighted by molar-refractivity contribution is 9.10. The zero-order valence-corrected chi connectivity index (χ0v) is 12.6. The van der Waals surface area contributed by atoms with Gasteiger partial charge in [0.1, 0.15) is 6.29 Å². The predicted molar refractivity (Wildman–Crippen MR) is 74.9 cm³/mol. The predicted octanol–water partition coefficient (Wildman–Crippen LogP) is 2.17. The van der Waals surface area contributed by atoms with Crippen LogP contribution in [0.25, 0.3) is 0 Å². The van der Waals surface area contributed by atoms with E-state index in [0.717, 1.165) is 6.29 Å². The minimum Gasteiger partial charge on any atom is -0.490 e. The number of hydrogen-bond donors (Lipinski definition) is 1. The van der Waals surface area contributed by atoms with E-state index in [9.17, 15) is 9.59 Å². The summed E-state index contributed by atoms with van der Waals surface area (Å²) in [6.45, 7) is 3.89. The summed E-state index contributed by atoms with van der Waals surface area (Å²) >= 11 is 3.31. The van der Waals surface area contributed by atoms with Gasteiger partial charge in [-0.25, -0.2) is 0 Å². The van der Waals surface area contributed by atoms with E-state index < -0.39 is 6.10 Å². The van der Waals surface area contributed by atoms with Gasteiger partial charge in [-0.05, 0) is 41.9 Å². The summed E-state index contributed by atoms with van der Waals surface area (Å²) in [5.74, 6) is 0.590. The van der Waals surface area contributed by atoms with E-state index in [1.165, 1.54) is 7.05 Å². The lowest BCUT2D eigenvalue weighted by molar-refractivity contribution is -0.126. The van der Waals surface area contributed by atoms with Gasteiger partial charge < -0.3 is 14.8 Å². The molecule has 6 heteroatoms. The average Bonchev–Trinajstić information content (AvgIpc) is 2.41. The third-order valence-electron chi connectivity index (χ3n) is 2.38. The van der Waals surface area contributed by atoms with Crippen LogP contribution in [0.2, 0.25) is 0 Å². The van der Waals surface area contributed by atoms with Gasteiger partial charge in [0.05, 0.1) is 11.1 Å². The molecular formula is C13H16BrNO4. The standard InChI is InChI=1S/C13H16BrNO4/c1-4-18-11-6-9(7-16)5-10(14)12(11)19-8(2)13(17)15-3/h5-8H,4H2,1-3H3,(H,15,17).